The molecule has 1 heterocycles. The van der Waals surface area contributed by atoms with Gasteiger partial charge in [0.15, 0.2) is 0 Å². The Morgan fingerprint density at radius 2 is 1.69 bits per heavy atom. The largest absolute Gasteiger partial charge is 0.371 e. The minimum absolute atomic E-state index is 0.0610. The molecular weight excluding hydrogens is 469 g/mol. The minimum Gasteiger partial charge on any atom is -0.371 e. The van der Waals surface area contributed by atoms with Crippen molar-refractivity contribution in [3.63, 3.8) is 0 Å². The Kier molecular flexibility index (Phi) is 12.4. The van der Waals surface area contributed by atoms with E-state index < -0.39 is 25.1 Å². The second kappa shape index (κ2) is 13.8. The van der Waals surface area contributed by atoms with E-state index >= 15 is 0 Å². The van der Waals surface area contributed by atoms with Crippen LogP contribution in [0.3, 0.4) is 0 Å². The van der Waals surface area contributed by atoms with Gasteiger partial charge in [-0.3, -0.25) is 18.9 Å². The SMILES string of the molecule is CCOP(=O)(CC(CC(C)C)C(=O)N[C@@H](CC(C)C)C(=O)NC)CN1C(=O)CC[C@]1(O)CC(C)C. The van der Waals surface area contributed by atoms with E-state index in [4.69, 9.17) is 4.52 Å². The molecule has 2 unspecified atom stereocenters. The summed E-state index contributed by atoms with van der Waals surface area (Å²) in [5.41, 5.74) is -1.37. The van der Waals surface area contributed by atoms with E-state index in [1.54, 1.807) is 6.92 Å². The van der Waals surface area contributed by atoms with Gasteiger partial charge in [-0.1, -0.05) is 41.5 Å². The predicted octanol–water partition coefficient (Wildman–Crippen LogP) is 3.55. The predicted molar refractivity (Wildman–Crippen MR) is 138 cm³/mol. The maximum atomic E-state index is 14.1. The highest BCUT2D eigenvalue weighted by molar-refractivity contribution is 7.59. The fraction of sp³-hybridized carbons (Fsp3) is 0.880. The molecule has 3 amide bonds. The first-order chi connectivity index (χ1) is 16.2. The van der Waals surface area contributed by atoms with Crippen LogP contribution in [0.2, 0.25) is 0 Å². The molecule has 0 aromatic heterocycles. The summed E-state index contributed by atoms with van der Waals surface area (Å²) in [6.45, 7) is 13.7. The monoisotopic (exact) mass is 517 g/mol. The second-order valence-electron chi connectivity index (χ2n) is 11.1. The summed E-state index contributed by atoms with van der Waals surface area (Å²) in [4.78, 5) is 39.7. The average molecular weight is 518 g/mol. The van der Waals surface area contributed by atoms with Crippen LogP contribution in [0.5, 0.6) is 0 Å². The Balaban J connectivity index is 3.19. The Labute approximate surface area is 211 Å². The third-order valence-corrected chi connectivity index (χ3v) is 8.65. The number of likely N-dealkylation sites (N-methyl/N-ethyl adjacent to an activating group) is 1. The van der Waals surface area contributed by atoms with Gasteiger partial charge in [0.1, 0.15) is 18.1 Å². The van der Waals surface area contributed by atoms with Gasteiger partial charge in [0, 0.05) is 32.0 Å². The van der Waals surface area contributed by atoms with E-state index in [1.165, 1.54) is 11.9 Å². The summed E-state index contributed by atoms with van der Waals surface area (Å²) in [6.07, 6.45) is 1.50. The van der Waals surface area contributed by atoms with Gasteiger partial charge >= 0.3 is 0 Å². The summed E-state index contributed by atoms with van der Waals surface area (Å²) in [7, 11) is -1.98. The zero-order valence-corrected chi connectivity index (χ0v) is 23.8. The molecule has 0 radical (unpaired) electrons. The molecule has 1 aliphatic heterocycles. The van der Waals surface area contributed by atoms with Crippen LogP contribution in [0.1, 0.15) is 80.6 Å². The number of hydrogen-bond acceptors (Lipinski definition) is 6. The van der Waals surface area contributed by atoms with Crippen molar-refractivity contribution < 1.29 is 28.6 Å². The smallest absolute Gasteiger partial charge is 0.242 e. The van der Waals surface area contributed by atoms with Crippen molar-refractivity contribution in [1.82, 2.24) is 15.5 Å². The second-order valence-corrected chi connectivity index (χ2v) is 13.6. The Morgan fingerprint density at radius 3 is 2.17 bits per heavy atom. The lowest BCUT2D eigenvalue weighted by atomic mass is 9.96. The molecule has 0 bridgehead atoms. The summed E-state index contributed by atoms with van der Waals surface area (Å²) in [6, 6.07) is -0.690. The normalized spacial score (nSPS) is 21.9. The molecule has 0 saturated carbocycles. The van der Waals surface area contributed by atoms with Crippen LogP contribution in [0.15, 0.2) is 0 Å². The van der Waals surface area contributed by atoms with E-state index in [9.17, 15) is 24.1 Å². The first kappa shape index (κ1) is 31.6. The molecule has 204 valence electrons. The van der Waals surface area contributed by atoms with Gasteiger partial charge in [-0.25, -0.2) is 0 Å². The zero-order chi connectivity index (χ0) is 27.0. The molecule has 0 aliphatic carbocycles. The van der Waals surface area contributed by atoms with E-state index in [2.05, 4.69) is 10.6 Å². The number of hydrogen-bond donors (Lipinski definition) is 3. The van der Waals surface area contributed by atoms with Crippen molar-refractivity contribution in [2.75, 3.05) is 26.1 Å². The lowest BCUT2D eigenvalue weighted by Crippen LogP contribution is -2.49. The number of likely N-dealkylation sites (tertiary alicyclic amines) is 1. The third-order valence-electron chi connectivity index (χ3n) is 6.21. The van der Waals surface area contributed by atoms with E-state index in [0.29, 0.717) is 19.3 Å². The molecule has 35 heavy (non-hydrogen) atoms. The fourth-order valence-corrected chi connectivity index (χ4v) is 7.44. The highest BCUT2D eigenvalue weighted by Crippen LogP contribution is 2.52. The molecule has 1 saturated heterocycles. The number of carbonyl (C=O) groups is 3. The number of rotatable bonds is 15. The van der Waals surface area contributed by atoms with Crippen LogP contribution < -0.4 is 10.6 Å². The molecule has 1 rings (SSSR count). The maximum absolute atomic E-state index is 14.1. The Bertz CT molecular complexity index is 772. The molecule has 9 nitrogen and oxygen atoms in total. The molecule has 0 aromatic rings. The number of carbonyl (C=O) groups excluding carboxylic acids is 3. The van der Waals surface area contributed by atoms with Crippen LogP contribution in [0, 0.1) is 23.7 Å². The fourth-order valence-electron chi connectivity index (χ4n) is 4.82. The van der Waals surface area contributed by atoms with Crippen LogP contribution in [-0.2, 0) is 23.5 Å². The first-order valence-corrected chi connectivity index (χ1v) is 14.9. The Hall–Kier alpha value is -1.44. The quantitative estimate of drug-likeness (QED) is 0.285. The lowest BCUT2D eigenvalue weighted by Gasteiger charge is -2.37. The van der Waals surface area contributed by atoms with Gasteiger partial charge in [-0.2, -0.15) is 0 Å². The van der Waals surface area contributed by atoms with Crippen LogP contribution in [0.4, 0.5) is 0 Å². The topological polar surface area (TPSA) is 125 Å². The van der Waals surface area contributed by atoms with E-state index in [-0.39, 0.29) is 67.4 Å². The first-order valence-electron chi connectivity index (χ1n) is 12.9. The van der Waals surface area contributed by atoms with Crippen molar-refractivity contribution in [1.29, 1.82) is 0 Å². The van der Waals surface area contributed by atoms with Crippen molar-refractivity contribution in [3.8, 4) is 0 Å². The molecule has 1 fully saturated rings. The van der Waals surface area contributed by atoms with Crippen molar-refractivity contribution >= 4 is 25.1 Å². The van der Waals surface area contributed by atoms with Gasteiger partial charge in [0.25, 0.3) is 0 Å². The van der Waals surface area contributed by atoms with Crippen LogP contribution >= 0.6 is 7.37 Å². The zero-order valence-electron chi connectivity index (χ0n) is 22.9. The summed E-state index contributed by atoms with van der Waals surface area (Å²) in [5.74, 6) is -1.08. The van der Waals surface area contributed by atoms with E-state index in [1.807, 2.05) is 41.5 Å². The maximum Gasteiger partial charge on any atom is 0.242 e. The van der Waals surface area contributed by atoms with Gasteiger partial charge in [0.2, 0.25) is 25.1 Å². The molecule has 3 N–H and O–H groups in total. The molecule has 4 atom stereocenters. The third kappa shape index (κ3) is 9.85. The van der Waals surface area contributed by atoms with Gasteiger partial charge in [0.05, 0.1) is 6.61 Å². The van der Waals surface area contributed by atoms with Gasteiger partial charge in [-0.05, 0) is 43.9 Å². The van der Waals surface area contributed by atoms with Crippen LogP contribution in [0.25, 0.3) is 0 Å². The van der Waals surface area contributed by atoms with Crippen molar-refractivity contribution in [3.05, 3.63) is 0 Å². The molecule has 1 aliphatic rings. The van der Waals surface area contributed by atoms with E-state index in [0.717, 1.165) is 0 Å². The highest BCUT2D eigenvalue weighted by Gasteiger charge is 2.47. The van der Waals surface area contributed by atoms with Crippen molar-refractivity contribution in [2.24, 2.45) is 23.7 Å². The number of nitrogens with zero attached hydrogens (tertiary/aromatic N) is 1. The molecular formula is C25H48N3O6P. The molecule has 0 spiro atoms. The summed E-state index contributed by atoms with van der Waals surface area (Å²) >= 11 is 0. The van der Waals surface area contributed by atoms with Crippen LogP contribution in [-0.4, -0.2) is 65.6 Å². The van der Waals surface area contributed by atoms with Gasteiger partial charge < -0.3 is 25.2 Å². The number of nitrogens with one attached hydrogen (secondary N) is 2. The highest BCUT2D eigenvalue weighted by atomic mass is 31.2. The standard InChI is InChI=1S/C25H48N3O6P/c1-9-34-35(33,16-28-22(29)10-11-25(28,32)14-19(6)7)15-20(12-17(2)3)23(30)27-21(13-18(4)5)24(31)26-8/h17-21,32H,9-16H2,1-8H3,(H,26,31)(H,27,30)/t20?,21-,25-,35?/m0/s1. The minimum atomic E-state index is -3.51. The number of amides is 3. The summed E-state index contributed by atoms with van der Waals surface area (Å²) in [5, 5.41) is 16.7. The molecule has 10 heteroatoms. The van der Waals surface area contributed by atoms with Gasteiger partial charge in [-0.15, -0.1) is 0 Å². The Morgan fingerprint density at radius 1 is 1.09 bits per heavy atom. The average Bonchev–Trinajstić information content (AvgIpc) is 2.98. The number of aliphatic hydroxyl groups is 1. The molecule has 0 aromatic carbocycles. The summed E-state index contributed by atoms with van der Waals surface area (Å²) < 4.78 is 19.8. The van der Waals surface area contributed by atoms with Crippen molar-refractivity contribution in [2.45, 2.75) is 92.3 Å². The lowest BCUT2D eigenvalue weighted by molar-refractivity contribution is -0.145.